The third kappa shape index (κ3) is 4.32. The minimum Gasteiger partial charge on any atom is -0.321 e. The van der Waals surface area contributed by atoms with E-state index in [9.17, 15) is 22.7 Å². The average molecular weight is 360 g/mol. The molecule has 0 fully saturated rings. The third-order valence-electron chi connectivity index (χ3n) is 2.84. The van der Waals surface area contributed by atoms with Crippen LogP contribution in [0.25, 0.3) is 10.9 Å². The Bertz CT molecular complexity index is 914. The molecule has 9 nitrogen and oxygen atoms in total. The van der Waals surface area contributed by atoms with Gasteiger partial charge in [-0.25, -0.2) is 13.1 Å². The molecule has 0 radical (unpaired) electrons. The summed E-state index contributed by atoms with van der Waals surface area (Å²) < 4.78 is 41.8. The molecule has 0 spiro atoms. The van der Waals surface area contributed by atoms with Gasteiger partial charge >= 0.3 is 13.5 Å². The number of benzene rings is 1. The monoisotopic (exact) mass is 360 g/mol. The Morgan fingerprint density at radius 3 is 2.70 bits per heavy atom. The first kappa shape index (κ1) is 17.5. The largest absolute Gasteiger partial charge is 0.365 e. The molecule has 1 unspecified atom stereocenters. The van der Waals surface area contributed by atoms with Gasteiger partial charge in [0.25, 0.3) is 6.54 Å². The number of sulfonamides is 1. The lowest BCUT2D eigenvalue weighted by atomic mass is 10.2. The molecule has 0 saturated heterocycles. The first-order chi connectivity index (χ1) is 10.6. The molecular formula is C12H15N3O6PS+. The van der Waals surface area contributed by atoms with Gasteiger partial charge in [0.2, 0.25) is 16.2 Å². The second-order valence-corrected chi connectivity index (χ2v) is 8.37. The first-order valence-electron chi connectivity index (χ1n) is 6.31. The molecule has 23 heavy (non-hydrogen) atoms. The van der Waals surface area contributed by atoms with Crippen molar-refractivity contribution in [2.45, 2.75) is 6.54 Å². The quantitative estimate of drug-likeness (QED) is 0.520. The van der Waals surface area contributed by atoms with Crippen LogP contribution >= 0.6 is 7.60 Å². The predicted octanol–water partition coefficient (Wildman–Crippen LogP) is -0.945. The number of fused-ring (bicyclic) bond motifs is 1. The van der Waals surface area contributed by atoms with E-state index in [1.54, 1.807) is 29.0 Å². The lowest BCUT2D eigenvalue weighted by Gasteiger charge is -2.09. The molecule has 1 aromatic heterocycles. The zero-order valence-electron chi connectivity index (χ0n) is 12.3. The van der Waals surface area contributed by atoms with Crippen LogP contribution in [0, 0.1) is 0 Å². The molecule has 2 rings (SSSR count). The number of carbonyl (C=O) groups excluding carboxylic acids is 1. The van der Waals surface area contributed by atoms with Crippen LogP contribution < -0.4 is 14.7 Å². The molecule has 1 heterocycles. The summed E-state index contributed by atoms with van der Waals surface area (Å²) in [5, 5.41) is 4.50. The summed E-state index contributed by atoms with van der Waals surface area (Å²) in [6, 6.07) is 6.54. The van der Waals surface area contributed by atoms with Crippen molar-refractivity contribution in [3.05, 3.63) is 30.5 Å². The fraction of sp³-hybridized carbons (Fsp3) is 0.250. The normalized spacial score (nSPS) is 14.4. The third-order valence-corrected chi connectivity index (χ3v) is 4.90. The number of rotatable bonds is 5. The van der Waals surface area contributed by atoms with Gasteiger partial charge in [-0.15, -0.1) is 0 Å². The van der Waals surface area contributed by atoms with E-state index in [0.29, 0.717) is 10.9 Å². The van der Waals surface area contributed by atoms with Crippen molar-refractivity contribution in [2.24, 2.45) is 0 Å². The summed E-state index contributed by atoms with van der Waals surface area (Å²) in [6.45, 7) is -0.436. The maximum absolute atomic E-state index is 12.2. The minimum absolute atomic E-state index is 0.0299. The van der Waals surface area contributed by atoms with Crippen LogP contribution in [0.1, 0.15) is 0 Å². The van der Waals surface area contributed by atoms with Gasteiger partial charge in [0.15, 0.2) is 0 Å². The summed E-state index contributed by atoms with van der Waals surface area (Å²) in [6.07, 6.45) is 2.04. The summed E-state index contributed by atoms with van der Waals surface area (Å²) in [5.74, 6) is -0.823. The highest BCUT2D eigenvalue weighted by molar-refractivity contribution is 7.89. The first-order valence-corrected chi connectivity index (χ1v) is 9.78. The number of hydrogen-bond donors (Lipinski definition) is 2. The van der Waals surface area contributed by atoms with Crippen LogP contribution in [-0.4, -0.2) is 37.7 Å². The molecule has 0 aliphatic rings. The van der Waals surface area contributed by atoms with E-state index in [1.807, 2.05) is 0 Å². The number of aromatic nitrogens is 2. The highest BCUT2D eigenvalue weighted by atomic mass is 32.2. The van der Waals surface area contributed by atoms with E-state index in [2.05, 4.69) is 9.62 Å². The number of carbonyl (C=O) groups is 1. The molecular weight excluding hydrogens is 345 g/mol. The fourth-order valence-electron chi connectivity index (χ4n) is 1.95. The smallest absolute Gasteiger partial charge is 0.321 e. The van der Waals surface area contributed by atoms with Gasteiger partial charge in [-0.3, -0.25) is 9.36 Å². The lowest BCUT2D eigenvalue weighted by molar-refractivity contribution is -0.739. The maximum Gasteiger partial charge on any atom is 0.365 e. The van der Waals surface area contributed by atoms with Gasteiger partial charge in [0.1, 0.15) is 10.8 Å². The highest BCUT2D eigenvalue weighted by Crippen LogP contribution is 2.40. The second kappa shape index (κ2) is 6.32. The van der Waals surface area contributed by atoms with Gasteiger partial charge < -0.3 is 9.42 Å². The van der Waals surface area contributed by atoms with Crippen molar-refractivity contribution in [1.82, 2.24) is 9.82 Å². The fourth-order valence-corrected chi connectivity index (χ4v) is 3.39. The number of amides is 1. The molecule has 124 valence electrons. The standard InChI is InChI=1S/C12H14N3O6PS/c1-21-22(17,18)11-7-15(8-12(16)14-23(2,19)20)13-10-6-4-3-5-9(10)11/h3-7H,8H2,1-2H3,(H-,14,16,17,18)/p+1. The summed E-state index contributed by atoms with van der Waals surface area (Å²) in [7, 11) is -6.70. The SMILES string of the molecule is COP(=O)(O)c1c[n+](CC(=O)NS(C)(=O)=O)nc2ccccc12. The Kier molecular flexibility index (Phi) is 4.81. The average Bonchev–Trinajstić information content (AvgIpc) is 2.44. The molecule has 0 saturated carbocycles. The Balaban J connectivity index is 2.50. The van der Waals surface area contributed by atoms with Crippen molar-refractivity contribution < 1.29 is 31.9 Å². The summed E-state index contributed by atoms with van der Waals surface area (Å²) >= 11 is 0. The summed E-state index contributed by atoms with van der Waals surface area (Å²) in [5.41, 5.74) is 0.364. The molecule has 0 aliphatic carbocycles. The Labute approximate surface area is 132 Å². The minimum atomic E-state index is -4.09. The molecule has 1 amide bonds. The molecule has 1 aromatic carbocycles. The van der Waals surface area contributed by atoms with Crippen LogP contribution in [0.15, 0.2) is 30.5 Å². The topological polar surface area (TPSA) is 127 Å². The highest BCUT2D eigenvalue weighted by Gasteiger charge is 2.29. The molecule has 0 bridgehead atoms. The van der Waals surface area contributed by atoms with Crippen molar-refractivity contribution in [3.8, 4) is 0 Å². The van der Waals surface area contributed by atoms with E-state index in [-0.39, 0.29) is 5.30 Å². The van der Waals surface area contributed by atoms with E-state index < -0.39 is 30.1 Å². The molecule has 11 heteroatoms. The summed E-state index contributed by atoms with van der Waals surface area (Å²) in [4.78, 5) is 21.6. The number of nitrogens with one attached hydrogen (secondary N) is 1. The Hall–Kier alpha value is -1.87. The van der Waals surface area contributed by atoms with Gasteiger partial charge in [0.05, 0.1) is 6.26 Å². The van der Waals surface area contributed by atoms with E-state index >= 15 is 0 Å². The second-order valence-electron chi connectivity index (χ2n) is 4.73. The molecule has 2 aromatic rings. The van der Waals surface area contributed by atoms with Crippen molar-refractivity contribution in [2.75, 3.05) is 13.4 Å². The predicted molar refractivity (Wildman–Crippen MR) is 81.4 cm³/mol. The van der Waals surface area contributed by atoms with Crippen molar-refractivity contribution >= 4 is 39.7 Å². The number of hydrogen-bond acceptors (Lipinski definition) is 6. The maximum atomic E-state index is 12.2. The molecule has 1 atom stereocenters. The Morgan fingerprint density at radius 1 is 1.43 bits per heavy atom. The Morgan fingerprint density at radius 2 is 2.09 bits per heavy atom. The van der Waals surface area contributed by atoms with Crippen LogP contribution in [0.2, 0.25) is 0 Å². The zero-order valence-corrected chi connectivity index (χ0v) is 14.0. The zero-order chi connectivity index (χ0) is 17.3. The van der Waals surface area contributed by atoms with Gasteiger partial charge in [-0.1, -0.05) is 22.9 Å². The lowest BCUT2D eigenvalue weighted by Crippen LogP contribution is -2.48. The van der Waals surface area contributed by atoms with Crippen molar-refractivity contribution in [3.63, 3.8) is 0 Å². The van der Waals surface area contributed by atoms with Crippen LogP contribution in [0.3, 0.4) is 0 Å². The van der Waals surface area contributed by atoms with Crippen LogP contribution in [0.5, 0.6) is 0 Å². The van der Waals surface area contributed by atoms with Gasteiger partial charge in [0, 0.05) is 17.6 Å². The van der Waals surface area contributed by atoms with Crippen molar-refractivity contribution in [1.29, 1.82) is 0 Å². The van der Waals surface area contributed by atoms with Crippen LogP contribution in [-0.2, 0) is 30.5 Å². The van der Waals surface area contributed by atoms with E-state index in [4.69, 9.17) is 0 Å². The van der Waals surface area contributed by atoms with Crippen LogP contribution in [0.4, 0.5) is 0 Å². The molecule has 2 N–H and O–H groups in total. The van der Waals surface area contributed by atoms with Gasteiger partial charge in [-0.2, -0.15) is 0 Å². The van der Waals surface area contributed by atoms with E-state index in [0.717, 1.165) is 18.0 Å². The van der Waals surface area contributed by atoms with E-state index in [1.165, 1.54) is 6.20 Å². The van der Waals surface area contributed by atoms with Gasteiger partial charge in [-0.05, 0) is 6.07 Å². The number of nitrogens with zero attached hydrogens (tertiary/aromatic N) is 2. The molecule has 0 aliphatic heterocycles.